The average molecular weight is 310 g/mol. The molecule has 3 rings (SSSR count). The van der Waals surface area contributed by atoms with Crippen molar-refractivity contribution in [2.24, 2.45) is 0 Å². The van der Waals surface area contributed by atoms with E-state index in [1.807, 2.05) is 23.6 Å². The number of hydrogen-bond acceptors (Lipinski definition) is 3. The Morgan fingerprint density at radius 2 is 1.95 bits per heavy atom. The Morgan fingerprint density at radius 3 is 2.62 bits per heavy atom. The second-order valence-electron chi connectivity index (χ2n) is 6.66. The fraction of sp³-hybridized carbons (Fsp3) is 0.875. The van der Waals surface area contributed by atoms with Crippen molar-refractivity contribution >= 4 is 23.6 Å². The molecular formula is C16H26N2O2S. The van der Waals surface area contributed by atoms with E-state index in [1.165, 1.54) is 12.8 Å². The van der Waals surface area contributed by atoms with Crippen molar-refractivity contribution in [3.63, 3.8) is 0 Å². The fourth-order valence-corrected chi connectivity index (χ4v) is 5.58. The number of nitrogens with one attached hydrogen (secondary N) is 1. The zero-order chi connectivity index (χ0) is 15.0. The zero-order valence-corrected chi connectivity index (χ0v) is 13.9. The van der Waals surface area contributed by atoms with Crippen LogP contribution in [0.25, 0.3) is 0 Å². The lowest BCUT2D eigenvalue weighted by Crippen LogP contribution is -2.71. The van der Waals surface area contributed by atoms with Crippen LogP contribution in [0.15, 0.2) is 0 Å². The minimum atomic E-state index is -0.576. The smallest absolute Gasteiger partial charge is 0.249 e. The number of hydrogen-bond donors (Lipinski definition) is 1. The number of thioether (sulfide) groups is 1. The van der Waals surface area contributed by atoms with Gasteiger partial charge in [-0.2, -0.15) is 11.8 Å². The van der Waals surface area contributed by atoms with Gasteiger partial charge in [-0.05, 0) is 38.4 Å². The van der Waals surface area contributed by atoms with Crippen LogP contribution in [-0.4, -0.2) is 45.3 Å². The highest BCUT2D eigenvalue weighted by Gasteiger charge is 2.53. The maximum absolute atomic E-state index is 13.1. The Hall–Kier alpha value is -0.710. The number of carbonyl (C=O) groups excluding carboxylic acids is 2. The predicted octanol–water partition coefficient (Wildman–Crippen LogP) is 2.32. The summed E-state index contributed by atoms with van der Waals surface area (Å²) in [4.78, 5) is 27.5. The molecule has 0 aromatic carbocycles. The molecule has 1 saturated heterocycles. The van der Waals surface area contributed by atoms with Crippen molar-refractivity contribution in [1.29, 1.82) is 0 Å². The molecule has 3 fully saturated rings. The van der Waals surface area contributed by atoms with E-state index in [1.54, 1.807) is 0 Å². The van der Waals surface area contributed by atoms with E-state index in [2.05, 4.69) is 12.2 Å². The van der Waals surface area contributed by atoms with Gasteiger partial charge in [-0.25, -0.2) is 0 Å². The summed E-state index contributed by atoms with van der Waals surface area (Å²) in [6.07, 6.45) is 7.13. The van der Waals surface area contributed by atoms with Crippen molar-refractivity contribution in [2.45, 2.75) is 81.7 Å². The molecule has 118 valence electrons. The number of piperazine rings is 1. The normalized spacial score (nSPS) is 35.5. The molecule has 3 aliphatic rings. The van der Waals surface area contributed by atoms with E-state index in [0.717, 1.165) is 37.9 Å². The highest BCUT2D eigenvalue weighted by Crippen LogP contribution is 2.40. The summed E-state index contributed by atoms with van der Waals surface area (Å²) in [6.45, 7) is 4.06. The summed E-state index contributed by atoms with van der Waals surface area (Å²) in [7, 11) is 0. The Kier molecular flexibility index (Phi) is 4.21. The third-order valence-electron chi connectivity index (χ3n) is 5.42. The molecule has 3 unspecified atom stereocenters. The largest absolute Gasteiger partial charge is 0.340 e. The SMILES string of the molecule is CCSC1CCCC1N1C(=O)C2(CCCC2)NC(=O)C1C. The number of nitrogens with zero attached hydrogens (tertiary/aromatic N) is 1. The number of rotatable bonds is 3. The van der Waals surface area contributed by atoms with Crippen LogP contribution in [0.3, 0.4) is 0 Å². The number of amides is 2. The fourth-order valence-electron chi connectivity index (χ4n) is 4.33. The lowest BCUT2D eigenvalue weighted by atomic mass is 9.89. The molecule has 1 spiro atoms. The van der Waals surface area contributed by atoms with Gasteiger partial charge in [0.05, 0.1) is 0 Å². The molecule has 0 bridgehead atoms. The van der Waals surface area contributed by atoms with Gasteiger partial charge in [0.15, 0.2) is 0 Å². The van der Waals surface area contributed by atoms with E-state index < -0.39 is 5.54 Å². The first-order chi connectivity index (χ1) is 10.1. The first-order valence-electron chi connectivity index (χ1n) is 8.35. The number of carbonyl (C=O) groups is 2. The Morgan fingerprint density at radius 1 is 1.24 bits per heavy atom. The van der Waals surface area contributed by atoms with Crippen LogP contribution in [0.1, 0.15) is 58.8 Å². The highest BCUT2D eigenvalue weighted by atomic mass is 32.2. The van der Waals surface area contributed by atoms with E-state index >= 15 is 0 Å². The molecule has 4 nitrogen and oxygen atoms in total. The van der Waals surface area contributed by atoms with Crippen LogP contribution < -0.4 is 5.32 Å². The van der Waals surface area contributed by atoms with E-state index in [0.29, 0.717) is 5.25 Å². The molecule has 0 radical (unpaired) electrons. The Labute approximate surface area is 131 Å². The molecule has 2 saturated carbocycles. The molecular weight excluding hydrogens is 284 g/mol. The van der Waals surface area contributed by atoms with Gasteiger partial charge in [-0.3, -0.25) is 9.59 Å². The van der Waals surface area contributed by atoms with E-state index in [9.17, 15) is 9.59 Å². The van der Waals surface area contributed by atoms with Gasteiger partial charge < -0.3 is 10.2 Å². The quantitative estimate of drug-likeness (QED) is 0.870. The summed E-state index contributed by atoms with van der Waals surface area (Å²) in [5, 5.41) is 3.56. The Bertz CT molecular complexity index is 434. The van der Waals surface area contributed by atoms with Gasteiger partial charge in [0.2, 0.25) is 11.8 Å². The minimum absolute atomic E-state index is 0.0450. The van der Waals surface area contributed by atoms with Crippen molar-refractivity contribution in [1.82, 2.24) is 10.2 Å². The molecule has 1 aliphatic heterocycles. The van der Waals surface area contributed by atoms with Crippen LogP contribution in [-0.2, 0) is 9.59 Å². The van der Waals surface area contributed by atoms with Crippen LogP contribution >= 0.6 is 11.8 Å². The molecule has 5 heteroatoms. The van der Waals surface area contributed by atoms with Gasteiger partial charge in [-0.15, -0.1) is 0 Å². The van der Waals surface area contributed by atoms with E-state index in [4.69, 9.17) is 0 Å². The summed E-state index contributed by atoms with van der Waals surface area (Å²) < 4.78 is 0. The van der Waals surface area contributed by atoms with Crippen molar-refractivity contribution in [2.75, 3.05) is 5.75 Å². The van der Waals surface area contributed by atoms with Gasteiger partial charge in [0.25, 0.3) is 0 Å². The van der Waals surface area contributed by atoms with Crippen LogP contribution in [0.2, 0.25) is 0 Å². The molecule has 3 atom stereocenters. The monoisotopic (exact) mass is 310 g/mol. The predicted molar refractivity (Wildman–Crippen MR) is 85.2 cm³/mol. The molecule has 2 amide bonds. The molecule has 0 aromatic rings. The Balaban J connectivity index is 1.87. The molecule has 2 aliphatic carbocycles. The van der Waals surface area contributed by atoms with Gasteiger partial charge in [0.1, 0.15) is 11.6 Å². The third kappa shape index (κ3) is 2.47. The second-order valence-corrected chi connectivity index (χ2v) is 8.18. The first-order valence-corrected chi connectivity index (χ1v) is 9.40. The first kappa shape index (κ1) is 15.2. The lowest BCUT2D eigenvalue weighted by molar-refractivity contribution is -0.156. The summed E-state index contributed by atoms with van der Waals surface area (Å²) in [5.74, 6) is 1.32. The summed E-state index contributed by atoms with van der Waals surface area (Å²) in [6, 6.07) is -0.0623. The van der Waals surface area contributed by atoms with Gasteiger partial charge in [-0.1, -0.05) is 26.2 Å². The van der Waals surface area contributed by atoms with Crippen molar-refractivity contribution < 1.29 is 9.59 Å². The average Bonchev–Trinajstić information content (AvgIpc) is 3.09. The molecule has 1 N–H and O–H groups in total. The van der Waals surface area contributed by atoms with Crippen LogP contribution in [0.5, 0.6) is 0 Å². The zero-order valence-electron chi connectivity index (χ0n) is 13.1. The molecule has 21 heavy (non-hydrogen) atoms. The van der Waals surface area contributed by atoms with Gasteiger partial charge in [0, 0.05) is 11.3 Å². The van der Waals surface area contributed by atoms with Gasteiger partial charge >= 0.3 is 0 Å². The van der Waals surface area contributed by atoms with Crippen LogP contribution in [0, 0.1) is 0 Å². The third-order valence-corrected chi connectivity index (χ3v) is 6.73. The maximum Gasteiger partial charge on any atom is 0.249 e. The lowest BCUT2D eigenvalue weighted by Gasteiger charge is -2.47. The van der Waals surface area contributed by atoms with Crippen molar-refractivity contribution in [3.05, 3.63) is 0 Å². The topological polar surface area (TPSA) is 49.4 Å². The van der Waals surface area contributed by atoms with Crippen LogP contribution in [0.4, 0.5) is 0 Å². The minimum Gasteiger partial charge on any atom is -0.340 e. The summed E-state index contributed by atoms with van der Waals surface area (Å²) >= 11 is 1.95. The molecule has 1 heterocycles. The molecule has 0 aromatic heterocycles. The highest BCUT2D eigenvalue weighted by molar-refractivity contribution is 7.99. The van der Waals surface area contributed by atoms with Crippen molar-refractivity contribution in [3.8, 4) is 0 Å². The standard InChI is InChI=1S/C16H26N2O2S/c1-3-21-13-8-6-7-12(13)18-11(2)14(19)17-16(15(18)20)9-4-5-10-16/h11-13H,3-10H2,1-2H3,(H,17,19). The summed E-state index contributed by atoms with van der Waals surface area (Å²) in [5.41, 5.74) is -0.576. The second kappa shape index (κ2) is 5.82. The maximum atomic E-state index is 13.1. The van der Waals surface area contributed by atoms with E-state index in [-0.39, 0.29) is 23.9 Å².